The van der Waals surface area contributed by atoms with E-state index in [1.165, 1.54) is 16.5 Å². The minimum atomic E-state index is 0.629. The van der Waals surface area contributed by atoms with E-state index in [4.69, 9.17) is 0 Å². The molecule has 0 unspecified atom stereocenters. The quantitative estimate of drug-likeness (QED) is 0.477. The molecule has 130 valence electrons. The van der Waals surface area contributed by atoms with Gasteiger partial charge < -0.3 is 15.6 Å². The fraction of sp³-hybridized carbons (Fsp3) is 0.150. The Kier molecular flexibility index (Phi) is 4.73. The molecule has 1 aromatic carbocycles. The van der Waals surface area contributed by atoms with E-state index in [1.54, 1.807) is 18.6 Å². The molecule has 0 amide bonds. The number of para-hydroxylation sites is 1. The molecule has 0 radical (unpaired) electrons. The summed E-state index contributed by atoms with van der Waals surface area (Å²) in [6.07, 6.45) is 8.31. The average molecular weight is 344 g/mol. The van der Waals surface area contributed by atoms with Gasteiger partial charge in [-0.25, -0.2) is 4.98 Å². The van der Waals surface area contributed by atoms with Crippen LogP contribution in [0.2, 0.25) is 0 Å². The number of H-pyrrole nitrogens is 1. The van der Waals surface area contributed by atoms with E-state index in [0.29, 0.717) is 12.5 Å². The zero-order valence-corrected chi connectivity index (χ0v) is 14.3. The number of nitrogens with one attached hydrogen (secondary N) is 3. The van der Waals surface area contributed by atoms with E-state index < -0.39 is 0 Å². The van der Waals surface area contributed by atoms with Gasteiger partial charge in [-0.3, -0.25) is 4.98 Å². The maximum Gasteiger partial charge on any atom is 0.224 e. The highest BCUT2D eigenvalue weighted by Crippen LogP contribution is 2.18. The molecule has 6 nitrogen and oxygen atoms in total. The first-order valence-electron chi connectivity index (χ1n) is 8.63. The van der Waals surface area contributed by atoms with Crippen molar-refractivity contribution in [2.24, 2.45) is 0 Å². The summed E-state index contributed by atoms with van der Waals surface area (Å²) in [5, 5.41) is 7.87. The van der Waals surface area contributed by atoms with Crippen LogP contribution in [0.1, 0.15) is 11.1 Å². The molecule has 0 fully saturated rings. The zero-order valence-electron chi connectivity index (χ0n) is 14.3. The van der Waals surface area contributed by atoms with Crippen molar-refractivity contribution in [3.05, 3.63) is 78.4 Å². The Morgan fingerprint density at radius 3 is 2.73 bits per heavy atom. The third kappa shape index (κ3) is 3.80. The molecule has 26 heavy (non-hydrogen) atoms. The normalized spacial score (nSPS) is 10.8. The highest BCUT2D eigenvalue weighted by atomic mass is 15.1. The number of pyridine rings is 1. The minimum Gasteiger partial charge on any atom is -0.366 e. The lowest BCUT2D eigenvalue weighted by Gasteiger charge is -2.08. The minimum absolute atomic E-state index is 0.629. The van der Waals surface area contributed by atoms with Crippen LogP contribution in [-0.4, -0.2) is 26.5 Å². The Balaban J connectivity index is 1.33. The second-order valence-corrected chi connectivity index (χ2v) is 6.01. The Hall–Kier alpha value is -3.41. The molecule has 4 rings (SSSR count). The van der Waals surface area contributed by atoms with Gasteiger partial charge in [-0.2, -0.15) is 4.98 Å². The molecule has 0 atom stereocenters. The molecule has 3 aromatic heterocycles. The van der Waals surface area contributed by atoms with E-state index in [2.05, 4.69) is 55.0 Å². The van der Waals surface area contributed by atoms with Gasteiger partial charge in [0.1, 0.15) is 5.82 Å². The second-order valence-electron chi connectivity index (χ2n) is 6.01. The Morgan fingerprint density at radius 1 is 0.923 bits per heavy atom. The summed E-state index contributed by atoms with van der Waals surface area (Å²) in [4.78, 5) is 16.1. The summed E-state index contributed by atoms with van der Waals surface area (Å²) in [7, 11) is 0. The van der Waals surface area contributed by atoms with E-state index in [0.717, 1.165) is 24.3 Å². The third-order valence-corrected chi connectivity index (χ3v) is 4.23. The van der Waals surface area contributed by atoms with Crippen molar-refractivity contribution in [3.63, 3.8) is 0 Å². The van der Waals surface area contributed by atoms with Gasteiger partial charge in [0.2, 0.25) is 5.95 Å². The highest BCUT2D eigenvalue weighted by molar-refractivity contribution is 5.83. The number of hydrogen-bond acceptors (Lipinski definition) is 5. The smallest absolute Gasteiger partial charge is 0.224 e. The van der Waals surface area contributed by atoms with Crippen LogP contribution in [0.4, 0.5) is 11.8 Å². The van der Waals surface area contributed by atoms with Gasteiger partial charge in [0.05, 0.1) is 0 Å². The van der Waals surface area contributed by atoms with Gasteiger partial charge in [-0.05, 0) is 41.8 Å². The molecule has 3 heterocycles. The second kappa shape index (κ2) is 7.65. The summed E-state index contributed by atoms with van der Waals surface area (Å²) in [5.74, 6) is 1.43. The molecule has 0 saturated heterocycles. The number of nitrogens with zero attached hydrogens (tertiary/aromatic N) is 3. The molecule has 6 heteroatoms. The van der Waals surface area contributed by atoms with Gasteiger partial charge >= 0.3 is 0 Å². The van der Waals surface area contributed by atoms with Crippen molar-refractivity contribution in [3.8, 4) is 0 Å². The lowest BCUT2D eigenvalue weighted by atomic mass is 10.1. The summed E-state index contributed by atoms with van der Waals surface area (Å²) >= 11 is 0. The molecule has 3 N–H and O–H groups in total. The Bertz CT molecular complexity index is 980. The van der Waals surface area contributed by atoms with Crippen molar-refractivity contribution in [2.45, 2.75) is 13.0 Å². The van der Waals surface area contributed by atoms with Crippen LogP contribution in [0.5, 0.6) is 0 Å². The molecular formula is C20H20N6. The van der Waals surface area contributed by atoms with Crippen molar-refractivity contribution >= 4 is 22.7 Å². The molecule has 0 aliphatic rings. The molecular weight excluding hydrogens is 324 g/mol. The fourth-order valence-electron chi connectivity index (χ4n) is 2.88. The average Bonchev–Trinajstić information content (AvgIpc) is 3.11. The van der Waals surface area contributed by atoms with Gasteiger partial charge in [-0.15, -0.1) is 0 Å². The third-order valence-electron chi connectivity index (χ3n) is 4.23. The number of benzene rings is 1. The monoisotopic (exact) mass is 344 g/mol. The Morgan fingerprint density at radius 2 is 1.81 bits per heavy atom. The van der Waals surface area contributed by atoms with E-state index in [9.17, 15) is 0 Å². The van der Waals surface area contributed by atoms with Crippen LogP contribution >= 0.6 is 0 Å². The molecule has 0 spiro atoms. The number of aromatic nitrogens is 4. The van der Waals surface area contributed by atoms with E-state index >= 15 is 0 Å². The van der Waals surface area contributed by atoms with Gasteiger partial charge in [0, 0.05) is 48.8 Å². The van der Waals surface area contributed by atoms with Crippen LogP contribution in [0.15, 0.2) is 67.3 Å². The van der Waals surface area contributed by atoms with E-state index in [-0.39, 0.29) is 0 Å². The first-order chi connectivity index (χ1) is 12.9. The highest BCUT2D eigenvalue weighted by Gasteiger charge is 2.04. The standard InChI is InChI=1S/C20H20N6/c1-2-4-18-17(3-1)16(14-24-18)7-11-22-20-23-12-8-19(26-20)25-13-15-5-9-21-10-6-15/h1-6,8-10,12,14,24H,7,11,13H2,(H2,22,23,25,26). The van der Waals surface area contributed by atoms with Crippen molar-refractivity contribution < 1.29 is 0 Å². The van der Waals surface area contributed by atoms with Gasteiger partial charge in [-0.1, -0.05) is 18.2 Å². The molecule has 0 aliphatic carbocycles. The van der Waals surface area contributed by atoms with Crippen molar-refractivity contribution in [1.82, 2.24) is 19.9 Å². The summed E-state index contributed by atoms with van der Waals surface area (Å²) in [6, 6.07) is 14.2. The lowest BCUT2D eigenvalue weighted by Crippen LogP contribution is -2.09. The molecule has 0 bridgehead atoms. The van der Waals surface area contributed by atoms with Crippen LogP contribution in [0.25, 0.3) is 10.9 Å². The van der Waals surface area contributed by atoms with Crippen LogP contribution in [0, 0.1) is 0 Å². The predicted octanol–water partition coefficient (Wildman–Crippen LogP) is 3.62. The first kappa shape index (κ1) is 16.1. The maximum absolute atomic E-state index is 4.51. The maximum atomic E-state index is 4.51. The molecule has 4 aromatic rings. The van der Waals surface area contributed by atoms with Crippen LogP contribution in [-0.2, 0) is 13.0 Å². The van der Waals surface area contributed by atoms with E-state index in [1.807, 2.05) is 24.3 Å². The van der Waals surface area contributed by atoms with Crippen LogP contribution < -0.4 is 10.6 Å². The number of hydrogen-bond donors (Lipinski definition) is 3. The SMILES string of the molecule is c1ccc2c(CCNc3nccc(NCc4ccncc4)n3)c[nH]c2c1. The van der Waals surface area contributed by atoms with Crippen LogP contribution in [0.3, 0.4) is 0 Å². The van der Waals surface area contributed by atoms with Gasteiger partial charge in [0.25, 0.3) is 0 Å². The fourth-order valence-corrected chi connectivity index (χ4v) is 2.88. The van der Waals surface area contributed by atoms with Crippen molar-refractivity contribution in [2.75, 3.05) is 17.2 Å². The molecule has 0 aliphatic heterocycles. The lowest BCUT2D eigenvalue weighted by molar-refractivity contribution is 0.985. The summed E-state index contributed by atoms with van der Waals surface area (Å²) in [6.45, 7) is 1.48. The number of aromatic amines is 1. The number of fused-ring (bicyclic) bond motifs is 1. The zero-order chi connectivity index (χ0) is 17.6. The van der Waals surface area contributed by atoms with Gasteiger partial charge in [0.15, 0.2) is 0 Å². The Labute approximate surface area is 151 Å². The largest absolute Gasteiger partial charge is 0.366 e. The summed E-state index contributed by atoms with van der Waals surface area (Å²) < 4.78 is 0. The number of anilines is 2. The predicted molar refractivity (Wildman–Crippen MR) is 104 cm³/mol. The first-order valence-corrected chi connectivity index (χ1v) is 8.63. The molecule has 0 saturated carbocycles. The number of rotatable bonds is 7. The van der Waals surface area contributed by atoms with Crippen molar-refractivity contribution in [1.29, 1.82) is 0 Å². The topological polar surface area (TPSA) is 78.5 Å². The summed E-state index contributed by atoms with van der Waals surface area (Å²) in [5.41, 5.74) is 3.62.